The van der Waals surface area contributed by atoms with E-state index in [1.165, 1.54) is 36.9 Å². The second-order valence-electron chi connectivity index (χ2n) is 9.00. The summed E-state index contributed by atoms with van der Waals surface area (Å²) in [5.74, 6) is -2.76. The van der Waals surface area contributed by atoms with Gasteiger partial charge in [-0.3, -0.25) is 14.6 Å². The number of benzene rings is 1. The highest BCUT2D eigenvalue weighted by Crippen LogP contribution is 2.32. The van der Waals surface area contributed by atoms with Gasteiger partial charge in [0.25, 0.3) is 0 Å². The first-order chi connectivity index (χ1) is 16.7. The van der Waals surface area contributed by atoms with Gasteiger partial charge in [0.1, 0.15) is 0 Å². The number of carboxylic acids is 1. The van der Waals surface area contributed by atoms with Crippen LogP contribution >= 0.6 is 0 Å². The van der Waals surface area contributed by atoms with Crippen LogP contribution in [-0.2, 0) is 17.9 Å². The molecule has 4 heterocycles. The quantitative estimate of drug-likeness (QED) is 0.567. The summed E-state index contributed by atoms with van der Waals surface area (Å²) in [5, 5.41) is 15.8. The summed E-state index contributed by atoms with van der Waals surface area (Å²) in [6.45, 7) is 5.21. The smallest absolute Gasteiger partial charge is 0.475 e. The van der Waals surface area contributed by atoms with E-state index in [1.54, 1.807) is 0 Å². The van der Waals surface area contributed by atoms with Crippen LogP contribution < -0.4 is 5.32 Å². The first kappa shape index (κ1) is 24.9. The molecule has 0 aliphatic carbocycles. The Bertz CT molecular complexity index is 1110. The molecule has 2 aliphatic rings. The van der Waals surface area contributed by atoms with E-state index in [-0.39, 0.29) is 0 Å². The third-order valence-electron chi connectivity index (χ3n) is 6.36. The molecule has 2 aliphatic heterocycles. The lowest BCUT2D eigenvalue weighted by atomic mass is 9.97. The van der Waals surface area contributed by atoms with Crippen molar-refractivity contribution in [2.45, 2.75) is 44.1 Å². The van der Waals surface area contributed by atoms with Crippen molar-refractivity contribution in [3.63, 3.8) is 0 Å². The minimum absolute atomic E-state index is 0.356. The van der Waals surface area contributed by atoms with Gasteiger partial charge in [0, 0.05) is 54.9 Å². The lowest BCUT2D eigenvalue weighted by Crippen LogP contribution is -2.42. The van der Waals surface area contributed by atoms with Crippen LogP contribution in [0.5, 0.6) is 0 Å². The van der Waals surface area contributed by atoms with E-state index in [4.69, 9.17) is 15.0 Å². The number of pyridine rings is 1. The number of carbonyl (C=O) groups is 1. The summed E-state index contributed by atoms with van der Waals surface area (Å²) in [5.41, 5.74) is 5.07. The topological polar surface area (TPSA) is 83.3 Å². The number of hydrogen-bond acceptors (Lipinski definition) is 5. The number of halogens is 3. The highest BCUT2D eigenvalue weighted by atomic mass is 19.4. The average Bonchev–Trinajstić information content (AvgIpc) is 3.56. The zero-order chi connectivity index (χ0) is 24.9. The molecule has 0 radical (unpaired) electrons. The summed E-state index contributed by atoms with van der Waals surface area (Å²) in [6.07, 6.45) is 4.76. The Morgan fingerprint density at radius 2 is 1.89 bits per heavy atom. The van der Waals surface area contributed by atoms with Crippen molar-refractivity contribution < 1.29 is 23.1 Å². The van der Waals surface area contributed by atoms with Crippen molar-refractivity contribution in [3.8, 4) is 11.3 Å². The SMILES string of the molecule is O=C(O)C(F)(F)F.c1ccc(Cn2cc(CN3CCC4(CCCN4)C3)c(-c3cccnc3)n2)cc1. The van der Waals surface area contributed by atoms with Crippen LogP contribution in [0.2, 0.25) is 0 Å². The normalized spacial score (nSPS) is 20.1. The van der Waals surface area contributed by atoms with E-state index in [0.717, 1.165) is 37.4 Å². The molecule has 1 atom stereocenters. The first-order valence-corrected chi connectivity index (χ1v) is 11.5. The van der Waals surface area contributed by atoms with E-state index in [2.05, 4.69) is 62.5 Å². The van der Waals surface area contributed by atoms with Gasteiger partial charge in [-0.05, 0) is 43.5 Å². The van der Waals surface area contributed by atoms with Gasteiger partial charge in [0.05, 0.1) is 12.2 Å². The maximum absolute atomic E-state index is 10.6. The third-order valence-corrected chi connectivity index (χ3v) is 6.36. The summed E-state index contributed by atoms with van der Waals surface area (Å²) < 4.78 is 33.8. The zero-order valence-corrected chi connectivity index (χ0v) is 19.2. The standard InChI is InChI=1S/C23H27N5.C2HF3O2/c1-2-6-19(7-3-1)15-28-17-21(22(26-28)20-8-4-11-24-14-20)16-27-13-10-23(18-27)9-5-12-25-23;3-2(4,5)1(6)7/h1-4,6-8,11,14,17,25H,5,9-10,12-13,15-16,18H2;(H,6,7). The number of aliphatic carboxylic acids is 1. The maximum atomic E-state index is 10.6. The molecule has 2 fully saturated rings. The fourth-order valence-corrected chi connectivity index (χ4v) is 4.73. The number of alkyl halides is 3. The van der Waals surface area contributed by atoms with E-state index < -0.39 is 12.1 Å². The van der Waals surface area contributed by atoms with Crippen LogP contribution in [0.4, 0.5) is 13.2 Å². The van der Waals surface area contributed by atoms with Crippen LogP contribution in [0.15, 0.2) is 61.1 Å². The molecule has 0 saturated carbocycles. The van der Waals surface area contributed by atoms with Crippen molar-refractivity contribution in [1.82, 2.24) is 25.0 Å². The summed E-state index contributed by atoms with van der Waals surface area (Å²) >= 11 is 0. The fourth-order valence-electron chi connectivity index (χ4n) is 4.73. The molecule has 2 aromatic heterocycles. The predicted octanol–water partition coefficient (Wildman–Crippen LogP) is 3.95. The van der Waals surface area contributed by atoms with Crippen molar-refractivity contribution in [3.05, 3.63) is 72.2 Å². The molecule has 1 aromatic carbocycles. The van der Waals surface area contributed by atoms with Crippen molar-refractivity contribution >= 4 is 5.97 Å². The molecule has 1 unspecified atom stereocenters. The van der Waals surface area contributed by atoms with Crippen LogP contribution in [0.1, 0.15) is 30.4 Å². The monoisotopic (exact) mass is 487 g/mol. The van der Waals surface area contributed by atoms with Crippen molar-refractivity contribution in [2.75, 3.05) is 19.6 Å². The highest BCUT2D eigenvalue weighted by molar-refractivity contribution is 5.73. The van der Waals surface area contributed by atoms with E-state index in [1.807, 2.05) is 18.5 Å². The molecule has 3 aromatic rings. The molecular weight excluding hydrogens is 459 g/mol. The highest BCUT2D eigenvalue weighted by Gasteiger charge is 2.40. The van der Waals surface area contributed by atoms with Gasteiger partial charge in [0.15, 0.2) is 0 Å². The molecule has 35 heavy (non-hydrogen) atoms. The number of aromatic nitrogens is 3. The van der Waals surface area contributed by atoms with Gasteiger partial charge in [-0.1, -0.05) is 30.3 Å². The second-order valence-corrected chi connectivity index (χ2v) is 9.00. The molecule has 5 rings (SSSR count). The maximum Gasteiger partial charge on any atom is 0.490 e. The number of nitrogens with one attached hydrogen (secondary N) is 1. The summed E-state index contributed by atoms with van der Waals surface area (Å²) in [4.78, 5) is 15.8. The minimum atomic E-state index is -5.08. The Labute approximate surface area is 201 Å². The van der Waals surface area contributed by atoms with Gasteiger partial charge in [-0.15, -0.1) is 0 Å². The number of likely N-dealkylation sites (tertiary alicyclic amines) is 1. The number of nitrogens with zero attached hydrogens (tertiary/aromatic N) is 4. The van der Waals surface area contributed by atoms with Crippen LogP contribution in [0.3, 0.4) is 0 Å². The van der Waals surface area contributed by atoms with Crippen molar-refractivity contribution in [1.29, 1.82) is 0 Å². The van der Waals surface area contributed by atoms with Crippen LogP contribution in [0.25, 0.3) is 11.3 Å². The van der Waals surface area contributed by atoms with Gasteiger partial charge < -0.3 is 10.4 Å². The molecule has 186 valence electrons. The molecular formula is C25H28F3N5O2. The average molecular weight is 488 g/mol. The molecule has 1 spiro atoms. The first-order valence-electron chi connectivity index (χ1n) is 11.5. The van der Waals surface area contributed by atoms with E-state index >= 15 is 0 Å². The van der Waals surface area contributed by atoms with E-state index in [0.29, 0.717) is 5.54 Å². The molecule has 10 heteroatoms. The Kier molecular flexibility index (Phi) is 7.51. The lowest BCUT2D eigenvalue weighted by Gasteiger charge is -2.24. The van der Waals surface area contributed by atoms with Gasteiger partial charge in [-0.25, -0.2) is 4.79 Å². The minimum Gasteiger partial charge on any atom is -0.475 e. The summed E-state index contributed by atoms with van der Waals surface area (Å²) in [6, 6.07) is 14.6. The Balaban J connectivity index is 0.000000364. The second kappa shape index (κ2) is 10.6. The molecule has 2 N–H and O–H groups in total. The largest absolute Gasteiger partial charge is 0.490 e. The lowest BCUT2D eigenvalue weighted by molar-refractivity contribution is -0.192. The third kappa shape index (κ3) is 6.46. The van der Waals surface area contributed by atoms with Crippen LogP contribution in [-0.4, -0.2) is 62.1 Å². The summed E-state index contributed by atoms with van der Waals surface area (Å²) in [7, 11) is 0. The molecule has 2 saturated heterocycles. The van der Waals surface area contributed by atoms with E-state index in [9.17, 15) is 13.2 Å². The predicted molar refractivity (Wildman–Crippen MR) is 125 cm³/mol. The number of hydrogen-bond donors (Lipinski definition) is 2. The van der Waals surface area contributed by atoms with Gasteiger partial charge >= 0.3 is 12.1 Å². The molecule has 0 amide bonds. The van der Waals surface area contributed by atoms with Crippen molar-refractivity contribution in [2.24, 2.45) is 0 Å². The van der Waals surface area contributed by atoms with Gasteiger partial charge in [-0.2, -0.15) is 18.3 Å². The van der Waals surface area contributed by atoms with Crippen LogP contribution in [0, 0.1) is 0 Å². The number of rotatable bonds is 5. The Morgan fingerprint density at radius 3 is 2.51 bits per heavy atom. The molecule has 0 bridgehead atoms. The fraction of sp³-hybridized carbons (Fsp3) is 0.400. The Morgan fingerprint density at radius 1 is 1.11 bits per heavy atom. The Hall–Kier alpha value is -3.24. The zero-order valence-electron chi connectivity index (χ0n) is 19.2. The number of carboxylic acid groups (broad SMARTS) is 1. The molecule has 7 nitrogen and oxygen atoms in total. The van der Waals surface area contributed by atoms with Gasteiger partial charge in [0.2, 0.25) is 0 Å².